The zero-order valence-corrected chi connectivity index (χ0v) is 83.1. The Hall–Kier alpha value is -13.3. The van der Waals surface area contributed by atoms with Crippen molar-refractivity contribution >= 4 is 110 Å². The second-order valence-corrected chi connectivity index (χ2v) is 39.8. The summed E-state index contributed by atoms with van der Waals surface area (Å²) in [6, 6.07) is 21.3. The third-order valence-electron chi connectivity index (χ3n) is 30.7. The molecule has 0 aromatic carbocycles. The van der Waals surface area contributed by atoms with E-state index in [1.807, 2.05) is 66.7 Å². The van der Waals surface area contributed by atoms with Crippen LogP contribution in [0.1, 0.15) is 243 Å². The Bertz CT molecular complexity index is 6350. The first kappa shape index (κ1) is 101. The first-order valence-corrected chi connectivity index (χ1v) is 49.6. The predicted molar refractivity (Wildman–Crippen MR) is 543 cm³/mol. The minimum Gasteiger partial charge on any atom is -0.392 e. The standard InChI is InChI=1S/3C25H33N7O4.C25H35N7O3/c3*1-25(36-3)10-8-15(9-11-25)31-12-4-5-18(24(31)35)28-20-13-21(26-2)32-22(30-20)16(14-27-32)23(34)29-17-6-7-19(17)33;1-25(35-3)10-8-17(9-11-25)31-12-4-5-19(24(31)34)29-21-13-22(26-2)32-23(30-21)16(15-28-32)14-27-18-6-7-20(18)33/h3*4-5,12-15,17,19,26,33H,6-11H2,1-3H3,(H,28,30)(H,29,34);4-5,12-13,15,17-18,20,26-27,33H,6-11,14H2,1-3H3,(H,29,30)/t2*15?,17?,19-,25?;15?,17-,19+,25?;17?,18-,20+,25?/m1101/s1. The van der Waals surface area contributed by atoms with Crippen LogP contribution in [0.2, 0.25) is 0 Å². The number of aliphatic hydroxyl groups is 4. The molecular weight excluding hydrogens is 1830 g/mol. The molecule has 20 rings (SSSR count). The number of anilines is 12. The monoisotopic (exact) mass is 1970 g/mol. The van der Waals surface area contributed by atoms with Crippen LogP contribution in [-0.4, -0.2) is 242 Å². The lowest BCUT2D eigenvalue weighted by Gasteiger charge is -2.36. The van der Waals surface area contributed by atoms with Crippen molar-refractivity contribution < 1.29 is 53.8 Å². The lowest BCUT2D eigenvalue weighted by molar-refractivity contribution is -0.0326. The molecule has 8 fully saturated rings. The van der Waals surface area contributed by atoms with Crippen molar-refractivity contribution in [1.29, 1.82) is 0 Å². The first-order chi connectivity index (χ1) is 68.8. The predicted octanol–water partition coefficient (Wildman–Crippen LogP) is 10.2. The molecule has 0 aliphatic heterocycles. The van der Waals surface area contributed by atoms with Crippen molar-refractivity contribution in [2.75, 3.05) is 99.2 Å². The Kier molecular flexibility index (Phi) is 30.5. The molecule has 43 heteroatoms. The molecule has 8 atom stereocenters. The van der Waals surface area contributed by atoms with Crippen molar-refractivity contribution in [3.05, 3.63) is 186 Å². The molecule has 0 saturated heterocycles. The number of carbonyl (C=O) groups excluding carboxylic acids is 3. The summed E-state index contributed by atoms with van der Waals surface area (Å²) in [5.74, 6) is 3.34. The minimum atomic E-state index is -0.526. The summed E-state index contributed by atoms with van der Waals surface area (Å²) >= 11 is 0. The van der Waals surface area contributed by atoms with Crippen molar-refractivity contribution in [3.8, 4) is 0 Å². The largest absolute Gasteiger partial charge is 0.392 e. The number of aromatic nitrogens is 16. The maximum Gasteiger partial charge on any atom is 0.274 e. The van der Waals surface area contributed by atoms with E-state index < -0.39 is 18.3 Å². The molecule has 16 N–H and O–H groups in total. The fourth-order valence-corrected chi connectivity index (χ4v) is 20.0. The van der Waals surface area contributed by atoms with Crippen molar-refractivity contribution in [3.63, 3.8) is 0 Å². The first-order valence-electron chi connectivity index (χ1n) is 49.6. The molecular formula is C100H134N28O15. The number of carbonyl (C=O) groups is 3. The van der Waals surface area contributed by atoms with Crippen LogP contribution in [0.5, 0.6) is 0 Å². The number of pyridine rings is 4. The summed E-state index contributed by atoms with van der Waals surface area (Å²) < 4.78 is 36.2. The molecule has 12 heterocycles. The van der Waals surface area contributed by atoms with Gasteiger partial charge in [-0.25, -0.2) is 19.9 Å². The van der Waals surface area contributed by atoms with E-state index in [0.29, 0.717) is 129 Å². The van der Waals surface area contributed by atoms with Crippen molar-refractivity contribution in [2.45, 2.75) is 283 Å². The van der Waals surface area contributed by atoms with E-state index in [-0.39, 0.29) is 117 Å². The van der Waals surface area contributed by atoms with Gasteiger partial charge in [0.1, 0.15) is 86.0 Å². The summed E-state index contributed by atoms with van der Waals surface area (Å²) in [4.78, 5) is 111. The average molecular weight is 1970 g/mol. The van der Waals surface area contributed by atoms with Crippen LogP contribution in [0.25, 0.3) is 22.6 Å². The quantitative estimate of drug-likeness (QED) is 0.0207. The van der Waals surface area contributed by atoms with Gasteiger partial charge in [-0.1, -0.05) is 0 Å². The van der Waals surface area contributed by atoms with E-state index in [4.69, 9.17) is 23.9 Å². The molecule has 143 heavy (non-hydrogen) atoms. The van der Waals surface area contributed by atoms with E-state index in [0.717, 1.165) is 146 Å². The minimum absolute atomic E-state index is 0.0550. The molecule has 8 aliphatic carbocycles. The summed E-state index contributed by atoms with van der Waals surface area (Å²) in [7, 11) is 14.1. The highest BCUT2D eigenvalue weighted by molar-refractivity contribution is 6.02. The van der Waals surface area contributed by atoms with Crippen molar-refractivity contribution in [2.24, 2.45) is 0 Å². The van der Waals surface area contributed by atoms with Crippen molar-refractivity contribution in [1.82, 2.24) is 97.9 Å². The maximum atomic E-state index is 13.4. The highest BCUT2D eigenvalue weighted by atomic mass is 16.5. The number of amides is 3. The Morgan fingerprint density at radius 3 is 0.804 bits per heavy atom. The van der Waals surface area contributed by atoms with Crippen LogP contribution in [0, 0.1) is 0 Å². The number of hydrogen-bond donors (Lipinski definition) is 16. The highest BCUT2D eigenvalue weighted by Gasteiger charge is 2.40. The van der Waals surface area contributed by atoms with E-state index in [1.165, 1.54) is 32.1 Å². The van der Waals surface area contributed by atoms with Crippen LogP contribution in [0.3, 0.4) is 0 Å². The number of nitrogens with one attached hydrogen (secondary N) is 12. The number of ether oxygens (including phenoxy) is 4. The van der Waals surface area contributed by atoms with E-state index >= 15 is 0 Å². The molecule has 8 aliphatic rings. The second kappa shape index (κ2) is 43.1. The molecule has 0 spiro atoms. The molecule has 764 valence electrons. The summed E-state index contributed by atoms with van der Waals surface area (Å²) in [6.07, 6.45) is 31.9. The van der Waals surface area contributed by atoms with Gasteiger partial charge in [0, 0.05) is 148 Å². The average Bonchev–Trinajstić information content (AvgIpc) is 1.60. The zero-order chi connectivity index (χ0) is 101. The van der Waals surface area contributed by atoms with Gasteiger partial charge >= 0.3 is 0 Å². The Labute approximate surface area is 825 Å². The van der Waals surface area contributed by atoms with Crippen LogP contribution in [-0.2, 0) is 25.5 Å². The van der Waals surface area contributed by atoms with Gasteiger partial charge in [0.15, 0.2) is 22.6 Å². The molecule has 12 aromatic rings. The van der Waals surface area contributed by atoms with Crippen LogP contribution >= 0.6 is 0 Å². The van der Waals surface area contributed by atoms with Gasteiger partial charge in [0.25, 0.3) is 40.0 Å². The van der Waals surface area contributed by atoms with Gasteiger partial charge in [0.2, 0.25) is 0 Å². The smallest absolute Gasteiger partial charge is 0.274 e. The number of nitrogens with zero attached hydrogens (tertiary/aromatic N) is 16. The van der Waals surface area contributed by atoms with Gasteiger partial charge in [-0.2, -0.15) is 38.5 Å². The molecule has 3 amide bonds. The number of hydrogen-bond acceptors (Lipinski definition) is 32. The lowest BCUT2D eigenvalue weighted by Crippen LogP contribution is -2.50. The van der Waals surface area contributed by atoms with Crippen LogP contribution < -0.4 is 86.0 Å². The fourth-order valence-electron chi connectivity index (χ4n) is 20.0. The highest BCUT2D eigenvalue weighted by Crippen LogP contribution is 2.42. The normalized spacial score (nSPS) is 26.0. The van der Waals surface area contributed by atoms with E-state index in [2.05, 4.69) is 127 Å². The number of fused-ring (bicyclic) bond motifs is 4. The van der Waals surface area contributed by atoms with Crippen LogP contribution in [0.15, 0.2) is 142 Å². The lowest BCUT2D eigenvalue weighted by atomic mass is 9.83. The zero-order valence-electron chi connectivity index (χ0n) is 83.1. The molecule has 0 bridgehead atoms. The van der Waals surface area contributed by atoms with E-state index in [9.17, 15) is 54.0 Å². The molecule has 2 unspecified atom stereocenters. The number of methoxy groups -OCH3 is 4. The molecule has 43 nitrogen and oxygen atoms in total. The summed E-state index contributed by atoms with van der Waals surface area (Å²) in [6.45, 7) is 9.05. The molecule has 8 saturated carbocycles. The number of rotatable bonds is 29. The topological polar surface area (TPSA) is 522 Å². The molecule has 0 radical (unpaired) electrons. The Morgan fingerprint density at radius 2 is 0.580 bits per heavy atom. The second-order valence-electron chi connectivity index (χ2n) is 39.8. The SMILES string of the molecule is CNc1cc(Nc2cccn(C3CCC(C)(OC)CC3)c2=O)nc2c(C(=O)NC3CC[C@H]3O)cnn12.CNc1cc(Nc2cccn(C3CCC(C)(OC)CC3)c2=O)nc2c(C(=O)NC3CC[C@H]3O)cnn12.CNc1cc(Nc2cccn(C3CCC(C)(OC)CC3)c2=O)nc2c(C(=O)N[C@H]3CC[C@H]3O)cnn12.CNc1cc(Nc2cccn(C3CCC(C)(OC)CC3)c2=O)nc2c(CN[C@@H]3CC[C@@H]3O)cnn12. The third-order valence-corrected chi connectivity index (χ3v) is 30.7. The fraction of sp³-hybridized carbons (Fsp3) is 0.530. The van der Waals surface area contributed by atoms with Gasteiger partial charge in [0.05, 0.1) is 89.7 Å². The summed E-state index contributed by atoms with van der Waals surface area (Å²) in [5, 5.41) is 93.7. The van der Waals surface area contributed by atoms with Gasteiger partial charge in [-0.3, -0.25) is 33.6 Å². The van der Waals surface area contributed by atoms with Crippen LogP contribution in [0.4, 0.5) is 69.3 Å². The summed E-state index contributed by atoms with van der Waals surface area (Å²) in [5.41, 5.74) is 4.31. The maximum absolute atomic E-state index is 13.4. The third kappa shape index (κ3) is 21.8. The van der Waals surface area contributed by atoms with Gasteiger partial charge < -0.3 is 121 Å². The molecule has 12 aromatic heterocycles. The van der Waals surface area contributed by atoms with Gasteiger partial charge in [-0.05, 0) is 230 Å². The van der Waals surface area contributed by atoms with E-state index in [1.54, 1.807) is 116 Å². The Morgan fingerprint density at radius 1 is 0.343 bits per heavy atom. The number of aliphatic hydroxyl groups excluding tert-OH is 4. The van der Waals surface area contributed by atoms with Gasteiger partial charge in [-0.15, -0.1) is 0 Å². The Balaban J connectivity index is 0.000000131.